The lowest BCUT2D eigenvalue weighted by Crippen LogP contribution is -2.27. The van der Waals surface area contributed by atoms with Crippen molar-refractivity contribution in [3.63, 3.8) is 0 Å². The molecule has 1 unspecified atom stereocenters. The Bertz CT molecular complexity index is 818. The fourth-order valence-corrected chi connectivity index (χ4v) is 2.42. The summed E-state index contributed by atoms with van der Waals surface area (Å²) in [6.45, 7) is 0. The summed E-state index contributed by atoms with van der Waals surface area (Å²) in [6, 6.07) is 10.5. The summed E-state index contributed by atoms with van der Waals surface area (Å²) in [6.07, 6.45) is -5.07. The summed E-state index contributed by atoms with van der Waals surface area (Å²) in [5.41, 5.74) is 10.7. The van der Waals surface area contributed by atoms with Crippen molar-refractivity contribution in [2.75, 3.05) is 0 Å². The van der Waals surface area contributed by atoms with E-state index in [1.807, 2.05) is 0 Å². The van der Waals surface area contributed by atoms with Gasteiger partial charge in [0.2, 0.25) is 0 Å². The summed E-state index contributed by atoms with van der Waals surface area (Å²) >= 11 is 0. The molecule has 1 amide bonds. The molecule has 0 saturated heterocycles. The molecule has 0 aliphatic carbocycles. The highest BCUT2D eigenvalue weighted by atomic mass is 19.4. The average Bonchev–Trinajstić information content (AvgIpc) is 2.51. The highest BCUT2D eigenvalue weighted by Gasteiger charge is 2.34. The number of carbonyl (C=O) groups is 1. The summed E-state index contributed by atoms with van der Waals surface area (Å²) in [5.74, 6) is -3.70. The molecule has 0 aliphatic heterocycles. The minimum Gasteiger partial charge on any atom is -0.405 e. The van der Waals surface area contributed by atoms with E-state index >= 15 is 0 Å². The Balaban J connectivity index is 2.47. The van der Waals surface area contributed by atoms with Gasteiger partial charge in [0.1, 0.15) is 11.6 Å². The third-order valence-corrected chi connectivity index (χ3v) is 3.39. The zero-order valence-electron chi connectivity index (χ0n) is 13.3. The van der Waals surface area contributed by atoms with Crippen molar-refractivity contribution in [1.29, 1.82) is 0 Å². The lowest BCUT2D eigenvalue weighted by molar-refractivity contribution is -0.275. The maximum Gasteiger partial charge on any atom is 0.573 e. The second-order valence-corrected chi connectivity index (χ2v) is 5.35. The van der Waals surface area contributed by atoms with E-state index in [9.17, 15) is 22.4 Å². The molecule has 2 aromatic carbocycles. The molecule has 0 heterocycles. The summed E-state index contributed by atoms with van der Waals surface area (Å²) in [5, 5.41) is 0. The topological polar surface area (TPSA) is 90.7 Å². The van der Waals surface area contributed by atoms with Crippen LogP contribution in [0.4, 0.5) is 17.6 Å². The second-order valence-electron chi connectivity index (χ2n) is 5.35. The SMILES string of the molecule is NC(N)=NC(=O)C(Cc1cccc(F)c1)c1ccccc1OC(F)(F)F. The van der Waals surface area contributed by atoms with Crippen molar-refractivity contribution in [3.8, 4) is 5.75 Å². The molecule has 2 aromatic rings. The van der Waals surface area contributed by atoms with Gasteiger partial charge in [-0.25, -0.2) is 4.39 Å². The normalized spacial score (nSPS) is 12.3. The molecule has 0 fully saturated rings. The van der Waals surface area contributed by atoms with Crippen LogP contribution in [0.2, 0.25) is 0 Å². The molecule has 9 heteroatoms. The van der Waals surface area contributed by atoms with Gasteiger partial charge in [0.05, 0.1) is 5.92 Å². The fraction of sp³-hybridized carbons (Fsp3) is 0.176. The van der Waals surface area contributed by atoms with Crippen LogP contribution in [0.15, 0.2) is 53.5 Å². The number of ether oxygens (including phenoxy) is 1. The summed E-state index contributed by atoms with van der Waals surface area (Å²) < 4.78 is 55.4. The number of hydrogen-bond acceptors (Lipinski definition) is 2. The molecule has 0 radical (unpaired) electrons. The van der Waals surface area contributed by atoms with Crippen molar-refractivity contribution in [2.24, 2.45) is 16.5 Å². The third-order valence-electron chi connectivity index (χ3n) is 3.39. The molecular formula is C17H15F4N3O2. The van der Waals surface area contributed by atoms with Crippen LogP contribution in [-0.4, -0.2) is 18.2 Å². The van der Waals surface area contributed by atoms with Crippen LogP contribution in [0, 0.1) is 5.82 Å². The van der Waals surface area contributed by atoms with Gasteiger partial charge in [0.15, 0.2) is 5.96 Å². The van der Waals surface area contributed by atoms with E-state index in [-0.39, 0.29) is 12.0 Å². The largest absolute Gasteiger partial charge is 0.573 e. The number of hydrogen-bond donors (Lipinski definition) is 2. The van der Waals surface area contributed by atoms with Crippen LogP contribution in [0.5, 0.6) is 5.75 Å². The highest BCUT2D eigenvalue weighted by molar-refractivity contribution is 5.95. The number of halogens is 4. The van der Waals surface area contributed by atoms with E-state index in [1.165, 1.54) is 42.5 Å². The number of amides is 1. The first kappa shape index (κ1) is 19.2. The van der Waals surface area contributed by atoms with Gasteiger partial charge < -0.3 is 16.2 Å². The number of benzene rings is 2. The Labute approximate surface area is 146 Å². The van der Waals surface area contributed by atoms with E-state index in [0.717, 1.165) is 6.07 Å². The molecule has 0 spiro atoms. The molecule has 2 rings (SSSR count). The molecule has 0 saturated carbocycles. The van der Waals surface area contributed by atoms with Gasteiger partial charge in [-0.15, -0.1) is 13.2 Å². The fourth-order valence-electron chi connectivity index (χ4n) is 2.42. The van der Waals surface area contributed by atoms with Crippen LogP contribution in [0.1, 0.15) is 17.0 Å². The predicted octanol–water partition coefficient (Wildman–Crippen LogP) is 2.85. The van der Waals surface area contributed by atoms with Gasteiger partial charge in [-0.3, -0.25) is 4.79 Å². The Hall–Kier alpha value is -3.10. The maximum absolute atomic E-state index is 13.4. The van der Waals surface area contributed by atoms with E-state index in [4.69, 9.17) is 11.5 Å². The highest BCUT2D eigenvalue weighted by Crippen LogP contribution is 2.34. The number of rotatable bonds is 5. The van der Waals surface area contributed by atoms with E-state index in [2.05, 4.69) is 9.73 Å². The van der Waals surface area contributed by atoms with Crippen molar-refractivity contribution in [1.82, 2.24) is 0 Å². The van der Waals surface area contributed by atoms with Crippen LogP contribution < -0.4 is 16.2 Å². The molecule has 1 atom stereocenters. The zero-order valence-corrected chi connectivity index (χ0v) is 13.3. The Morgan fingerprint density at radius 3 is 2.42 bits per heavy atom. The smallest absolute Gasteiger partial charge is 0.405 e. The van der Waals surface area contributed by atoms with Crippen molar-refractivity contribution in [2.45, 2.75) is 18.7 Å². The summed E-state index contributed by atoms with van der Waals surface area (Å²) in [7, 11) is 0. The minimum atomic E-state index is -4.95. The number of nitrogens with two attached hydrogens (primary N) is 2. The van der Waals surface area contributed by atoms with Crippen LogP contribution in [0.25, 0.3) is 0 Å². The average molecular weight is 369 g/mol. The number of carbonyl (C=O) groups excluding carboxylic acids is 1. The van der Waals surface area contributed by atoms with Gasteiger partial charge in [-0.1, -0.05) is 30.3 Å². The molecule has 0 aliphatic rings. The second kappa shape index (κ2) is 7.85. The van der Waals surface area contributed by atoms with Crippen LogP contribution in [-0.2, 0) is 11.2 Å². The first-order valence-electron chi connectivity index (χ1n) is 7.38. The van der Waals surface area contributed by atoms with Crippen molar-refractivity contribution >= 4 is 11.9 Å². The number of guanidine groups is 1. The third kappa shape index (κ3) is 5.47. The lowest BCUT2D eigenvalue weighted by Gasteiger charge is -2.19. The van der Waals surface area contributed by atoms with Crippen LogP contribution >= 0.6 is 0 Å². The van der Waals surface area contributed by atoms with E-state index in [0.29, 0.717) is 5.56 Å². The van der Waals surface area contributed by atoms with Gasteiger partial charge in [-0.2, -0.15) is 4.99 Å². The quantitative estimate of drug-likeness (QED) is 0.482. The molecule has 0 bridgehead atoms. The summed E-state index contributed by atoms with van der Waals surface area (Å²) in [4.78, 5) is 15.8. The molecule has 4 N–H and O–H groups in total. The first-order valence-corrected chi connectivity index (χ1v) is 7.38. The number of nitrogens with zero attached hydrogens (tertiary/aromatic N) is 1. The van der Waals surface area contributed by atoms with Crippen LogP contribution in [0.3, 0.4) is 0 Å². The minimum absolute atomic E-state index is 0.0657. The number of alkyl halides is 3. The van der Waals surface area contributed by atoms with Crippen molar-refractivity contribution < 1.29 is 27.1 Å². The Morgan fingerprint density at radius 1 is 1.12 bits per heavy atom. The van der Waals surface area contributed by atoms with Gasteiger partial charge in [0.25, 0.3) is 5.91 Å². The monoisotopic (exact) mass is 369 g/mol. The zero-order chi connectivity index (χ0) is 19.3. The molecule has 0 aromatic heterocycles. The maximum atomic E-state index is 13.4. The lowest BCUT2D eigenvalue weighted by atomic mass is 9.90. The van der Waals surface area contributed by atoms with Gasteiger partial charge >= 0.3 is 6.36 Å². The Morgan fingerprint density at radius 2 is 1.81 bits per heavy atom. The molecule has 138 valence electrons. The van der Waals surface area contributed by atoms with Gasteiger partial charge in [-0.05, 0) is 30.2 Å². The molecule has 26 heavy (non-hydrogen) atoms. The first-order chi connectivity index (χ1) is 12.2. The predicted molar refractivity (Wildman–Crippen MR) is 86.8 cm³/mol. The standard InChI is InChI=1S/C17H15F4N3O2/c18-11-5-3-4-10(8-11)9-13(15(25)24-16(22)23)12-6-1-2-7-14(12)26-17(19,20)21/h1-8,13H,9H2,(H4,22,23,24,25). The van der Waals surface area contributed by atoms with E-state index < -0.39 is 35.7 Å². The van der Waals surface area contributed by atoms with Crippen molar-refractivity contribution in [3.05, 3.63) is 65.5 Å². The van der Waals surface area contributed by atoms with E-state index in [1.54, 1.807) is 0 Å². The number of para-hydroxylation sites is 1. The molecular weight excluding hydrogens is 354 g/mol. The number of aliphatic imine (C=N–C) groups is 1. The Kier molecular flexibility index (Phi) is 5.81. The van der Waals surface area contributed by atoms with Gasteiger partial charge in [0, 0.05) is 5.56 Å². The molecule has 5 nitrogen and oxygen atoms in total.